The summed E-state index contributed by atoms with van der Waals surface area (Å²) in [7, 11) is 0. The van der Waals surface area contributed by atoms with Gasteiger partial charge in [-0.2, -0.15) is 0 Å². The van der Waals surface area contributed by atoms with Crippen LogP contribution in [0.2, 0.25) is 0 Å². The lowest BCUT2D eigenvalue weighted by atomic mass is 10.5. The van der Waals surface area contributed by atoms with Crippen LogP contribution in [-0.4, -0.2) is 28.1 Å². The fourth-order valence-electron chi connectivity index (χ4n) is 0.347. The van der Waals surface area contributed by atoms with Gasteiger partial charge in [-0.25, -0.2) is 0 Å². The number of halogens is 3. The summed E-state index contributed by atoms with van der Waals surface area (Å²) in [6.45, 7) is -0.0335. The molecule has 0 spiro atoms. The van der Waals surface area contributed by atoms with Gasteiger partial charge in [0.2, 0.25) is 3.79 Å². The highest BCUT2D eigenvalue weighted by atomic mass is 35.6. The molecule has 0 aliphatic heterocycles. The van der Waals surface area contributed by atoms with Gasteiger partial charge in [-0.1, -0.05) is 34.8 Å². The van der Waals surface area contributed by atoms with Crippen LogP contribution in [0.25, 0.3) is 0 Å². The Hall–Kier alpha value is 0.300. The molecule has 0 rings (SSSR count). The van der Waals surface area contributed by atoms with E-state index in [0.29, 0.717) is 0 Å². The second-order valence-corrected chi connectivity index (χ2v) is 4.33. The predicted molar refractivity (Wildman–Crippen MR) is 43.4 cm³/mol. The summed E-state index contributed by atoms with van der Waals surface area (Å²) >= 11 is 15.9. The number of carboxylic acid groups (broad SMARTS) is 1. The van der Waals surface area contributed by atoms with E-state index in [1.807, 2.05) is 0 Å². The first-order chi connectivity index (χ1) is 4.92. The molecule has 11 heavy (non-hydrogen) atoms. The van der Waals surface area contributed by atoms with Crippen LogP contribution in [0.15, 0.2) is 0 Å². The highest BCUT2D eigenvalue weighted by Gasteiger charge is 2.19. The summed E-state index contributed by atoms with van der Waals surface area (Å²) < 4.78 is 3.27. The van der Waals surface area contributed by atoms with Crippen molar-refractivity contribution in [3.8, 4) is 0 Å². The summed E-state index contributed by atoms with van der Waals surface area (Å²) in [5.41, 5.74) is 0. The third kappa shape index (κ3) is 10.3. The smallest absolute Gasteiger partial charge is 0.305 e. The second-order valence-electron chi connectivity index (χ2n) is 1.81. The van der Waals surface area contributed by atoms with Crippen LogP contribution >= 0.6 is 34.8 Å². The van der Waals surface area contributed by atoms with Crippen molar-refractivity contribution in [1.82, 2.24) is 0 Å². The topological polar surface area (TPSA) is 46.5 Å². The lowest BCUT2D eigenvalue weighted by Crippen LogP contribution is -2.14. The van der Waals surface area contributed by atoms with Gasteiger partial charge in [-0.3, -0.25) is 4.79 Å². The molecule has 0 heterocycles. The Morgan fingerprint density at radius 1 is 1.45 bits per heavy atom. The zero-order chi connectivity index (χ0) is 8.91. The first-order valence-corrected chi connectivity index (χ1v) is 3.91. The number of alkyl halides is 3. The Balaban J connectivity index is 3.22. The van der Waals surface area contributed by atoms with Gasteiger partial charge in [0.1, 0.15) is 0 Å². The molecule has 0 bridgehead atoms. The van der Waals surface area contributed by atoms with Gasteiger partial charge in [0.05, 0.1) is 19.6 Å². The van der Waals surface area contributed by atoms with E-state index in [0.717, 1.165) is 0 Å². The first kappa shape index (κ1) is 11.3. The highest BCUT2D eigenvalue weighted by Crippen LogP contribution is 2.25. The van der Waals surface area contributed by atoms with E-state index in [2.05, 4.69) is 0 Å². The van der Waals surface area contributed by atoms with Crippen LogP contribution in [0, 0.1) is 0 Å². The predicted octanol–water partition coefficient (Wildman–Crippen LogP) is 1.85. The van der Waals surface area contributed by atoms with E-state index in [-0.39, 0.29) is 19.6 Å². The first-order valence-electron chi connectivity index (χ1n) is 2.78. The van der Waals surface area contributed by atoms with Crippen molar-refractivity contribution in [3.63, 3.8) is 0 Å². The second kappa shape index (κ2) is 5.04. The Labute approximate surface area is 79.2 Å². The third-order valence-corrected chi connectivity index (χ3v) is 1.05. The third-order valence-electron chi connectivity index (χ3n) is 0.726. The average Bonchev–Trinajstić information content (AvgIpc) is 1.78. The van der Waals surface area contributed by atoms with Gasteiger partial charge in [0.25, 0.3) is 0 Å². The van der Waals surface area contributed by atoms with Crippen LogP contribution < -0.4 is 0 Å². The molecular formula is C5H7Cl3O3. The Bertz CT molecular complexity index is 131. The molecule has 6 heteroatoms. The molecule has 66 valence electrons. The standard InChI is InChI=1S/C5H7Cl3O3/c6-5(7,8)3-11-2-1-4(9)10/h1-3H2,(H,9,10). The molecule has 0 aromatic heterocycles. The van der Waals surface area contributed by atoms with Gasteiger partial charge in [-0.05, 0) is 0 Å². The maximum absolute atomic E-state index is 9.94. The largest absolute Gasteiger partial charge is 0.481 e. The molecular weight excluding hydrogens is 214 g/mol. The van der Waals surface area contributed by atoms with Crippen molar-refractivity contribution in [1.29, 1.82) is 0 Å². The number of aliphatic carboxylic acids is 1. The highest BCUT2D eigenvalue weighted by molar-refractivity contribution is 6.67. The fourth-order valence-corrected chi connectivity index (χ4v) is 0.579. The zero-order valence-corrected chi connectivity index (χ0v) is 7.79. The van der Waals surface area contributed by atoms with Crippen molar-refractivity contribution >= 4 is 40.8 Å². The molecule has 0 atom stereocenters. The number of rotatable bonds is 4. The van der Waals surface area contributed by atoms with Crippen molar-refractivity contribution < 1.29 is 14.6 Å². The molecule has 0 aliphatic carbocycles. The number of hydrogen-bond acceptors (Lipinski definition) is 2. The van der Waals surface area contributed by atoms with Crippen molar-refractivity contribution in [2.45, 2.75) is 10.2 Å². The molecule has 0 saturated carbocycles. The van der Waals surface area contributed by atoms with Gasteiger partial charge in [-0.15, -0.1) is 0 Å². The number of carbonyl (C=O) groups is 1. The Morgan fingerprint density at radius 3 is 2.36 bits per heavy atom. The average molecular weight is 221 g/mol. The Kier molecular flexibility index (Phi) is 5.17. The van der Waals surface area contributed by atoms with Crippen LogP contribution in [0.4, 0.5) is 0 Å². The van der Waals surface area contributed by atoms with Crippen molar-refractivity contribution in [2.24, 2.45) is 0 Å². The maximum atomic E-state index is 9.94. The molecule has 0 radical (unpaired) electrons. The maximum Gasteiger partial charge on any atom is 0.305 e. The lowest BCUT2D eigenvalue weighted by molar-refractivity contribution is -0.138. The summed E-state index contributed by atoms with van der Waals surface area (Å²) in [6.07, 6.45) is -0.0826. The Morgan fingerprint density at radius 2 is 2.00 bits per heavy atom. The van der Waals surface area contributed by atoms with Crippen LogP contribution in [0.1, 0.15) is 6.42 Å². The minimum absolute atomic E-state index is 0.0588. The molecule has 0 aromatic carbocycles. The lowest BCUT2D eigenvalue weighted by Gasteiger charge is -2.09. The van der Waals surface area contributed by atoms with Crippen molar-refractivity contribution in [3.05, 3.63) is 0 Å². The van der Waals surface area contributed by atoms with E-state index < -0.39 is 9.76 Å². The molecule has 0 aliphatic rings. The van der Waals surface area contributed by atoms with Crippen LogP contribution in [-0.2, 0) is 9.53 Å². The van der Waals surface area contributed by atoms with Crippen LogP contribution in [0.3, 0.4) is 0 Å². The molecule has 0 fully saturated rings. The van der Waals surface area contributed by atoms with E-state index >= 15 is 0 Å². The summed E-state index contributed by atoms with van der Waals surface area (Å²) in [6, 6.07) is 0. The number of ether oxygens (including phenoxy) is 1. The molecule has 0 saturated heterocycles. The van der Waals surface area contributed by atoms with E-state index in [4.69, 9.17) is 44.6 Å². The van der Waals surface area contributed by atoms with Crippen LogP contribution in [0.5, 0.6) is 0 Å². The SMILES string of the molecule is O=C(O)CCOCC(Cl)(Cl)Cl. The van der Waals surface area contributed by atoms with E-state index in [1.54, 1.807) is 0 Å². The van der Waals surface area contributed by atoms with Gasteiger partial charge < -0.3 is 9.84 Å². The number of carboxylic acids is 1. The summed E-state index contributed by atoms with van der Waals surface area (Å²) in [5.74, 6) is -0.936. The molecule has 3 nitrogen and oxygen atoms in total. The van der Waals surface area contributed by atoms with E-state index in [9.17, 15) is 4.79 Å². The van der Waals surface area contributed by atoms with Crippen molar-refractivity contribution in [2.75, 3.05) is 13.2 Å². The quantitative estimate of drug-likeness (QED) is 0.582. The minimum atomic E-state index is -1.46. The van der Waals surface area contributed by atoms with E-state index in [1.165, 1.54) is 0 Å². The summed E-state index contributed by atoms with van der Waals surface area (Å²) in [4.78, 5) is 9.94. The minimum Gasteiger partial charge on any atom is -0.481 e. The van der Waals surface area contributed by atoms with Gasteiger partial charge in [0, 0.05) is 0 Å². The summed E-state index contributed by atoms with van der Waals surface area (Å²) in [5, 5.41) is 8.16. The fraction of sp³-hybridized carbons (Fsp3) is 0.800. The van der Waals surface area contributed by atoms with Gasteiger partial charge >= 0.3 is 5.97 Å². The molecule has 0 aromatic rings. The monoisotopic (exact) mass is 220 g/mol. The zero-order valence-electron chi connectivity index (χ0n) is 5.52. The molecule has 1 N–H and O–H groups in total. The molecule has 0 amide bonds. The van der Waals surface area contributed by atoms with Gasteiger partial charge in [0.15, 0.2) is 0 Å². The normalized spacial score (nSPS) is 11.5. The molecule has 0 unspecified atom stereocenters. The number of hydrogen-bond donors (Lipinski definition) is 1.